The fourth-order valence-corrected chi connectivity index (χ4v) is 5.43. The van der Waals surface area contributed by atoms with Gasteiger partial charge in [0, 0.05) is 48.5 Å². The van der Waals surface area contributed by atoms with Crippen molar-refractivity contribution in [2.75, 3.05) is 13.2 Å². The number of halogens is 7. The van der Waals surface area contributed by atoms with Gasteiger partial charge in [0.25, 0.3) is 0 Å². The molecule has 0 heterocycles. The molecule has 14 heteroatoms. The quantitative estimate of drug-likeness (QED) is 0.186. The molecule has 0 unspecified atom stereocenters. The van der Waals surface area contributed by atoms with Crippen LogP contribution in [-0.4, -0.2) is 36.8 Å². The highest BCUT2D eigenvalue weighted by molar-refractivity contribution is 7.97. The van der Waals surface area contributed by atoms with Crippen LogP contribution in [0.3, 0.4) is 0 Å². The molecule has 0 saturated carbocycles. The van der Waals surface area contributed by atoms with E-state index in [0.717, 1.165) is 47.5 Å². The molecule has 202 valence electrons. The Morgan fingerprint density at radius 3 is 1.41 bits per heavy atom. The summed E-state index contributed by atoms with van der Waals surface area (Å²) in [6.45, 7) is 3.57. The highest BCUT2D eigenvalue weighted by Crippen LogP contribution is 2.36. The topological polar surface area (TPSA) is 86.7 Å². The van der Waals surface area contributed by atoms with Gasteiger partial charge in [-0.3, -0.25) is 0 Å². The molecule has 5 nitrogen and oxygen atoms in total. The lowest BCUT2D eigenvalue weighted by Crippen LogP contribution is -2.21. The minimum absolute atomic E-state index is 0.122. The molecule has 0 spiro atoms. The maximum absolute atomic E-state index is 13.9. The van der Waals surface area contributed by atoms with Gasteiger partial charge in [-0.05, 0) is 25.0 Å². The number of alkyl halides is 3. The lowest BCUT2D eigenvalue weighted by Gasteiger charge is -2.14. The van der Waals surface area contributed by atoms with Crippen molar-refractivity contribution in [3.05, 3.63) is 82.9 Å². The van der Waals surface area contributed by atoms with E-state index in [4.69, 9.17) is 22.8 Å². The second-order valence-electron chi connectivity index (χ2n) is 7.37. The van der Waals surface area contributed by atoms with E-state index in [1.807, 2.05) is 0 Å². The SMILES string of the molecule is Cc1cc([S+](c2cc(F)cc(F)c2)c2cc(F)cc(F)c2)cc(C)c1OCCO.O=S(=O)([O-])C(F)(F)F. The molecule has 0 aliphatic heterocycles. The van der Waals surface area contributed by atoms with Gasteiger partial charge in [-0.15, -0.1) is 0 Å². The van der Waals surface area contributed by atoms with Gasteiger partial charge in [-0.25, -0.2) is 26.0 Å². The van der Waals surface area contributed by atoms with Crippen LogP contribution in [-0.2, 0) is 21.0 Å². The number of aryl methyl sites for hydroxylation is 2. The second-order valence-corrected chi connectivity index (χ2v) is 10.8. The van der Waals surface area contributed by atoms with Gasteiger partial charge < -0.3 is 14.4 Å². The Morgan fingerprint density at radius 1 is 0.784 bits per heavy atom. The smallest absolute Gasteiger partial charge is 0.485 e. The Morgan fingerprint density at radius 2 is 1.11 bits per heavy atom. The third-order valence-corrected chi connectivity index (χ3v) is 7.12. The van der Waals surface area contributed by atoms with Crippen LogP contribution in [0.2, 0.25) is 0 Å². The van der Waals surface area contributed by atoms with Crippen molar-refractivity contribution in [1.82, 2.24) is 0 Å². The van der Waals surface area contributed by atoms with Crippen molar-refractivity contribution < 1.29 is 53.5 Å². The minimum atomic E-state index is -6.09. The number of hydrogen-bond acceptors (Lipinski definition) is 5. The van der Waals surface area contributed by atoms with E-state index in [-0.39, 0.29) is 23.0 Å². The van der Waals surface area contributed by atoms with Gasteiger partial charge in [0.15, 0.2) is 24.8 Å². The molecule has 0 fully saturated rings. The molecule has 0 radical (unpaired) electrons. The molecule has 0 amide bonds. The maximum Gasteiger partial charge on any atom is 0.485 e. The molecule has 0 atom stereocenters. The zero-order valence-electron chi connectivity index (χ0n) is 19.1. The van der Waals surface area contributed by atoms with Gasteiger partial charge in [-0.2, -0.15) is 13.2 Å². The minimum Gasteiger partial charge on any atom is -0.741 e. The largest absolute Gasteiger partial charge is 0.741 e. The normalized spacial score (nSPS) is 11.8. The predicted molar refractivity (Wildman–Crippen MR) is 119 cm³/mol. The molecular formula is C23H19F7O5S2. The van der Waals surface area contributed by atoms with E-state index in [0.29, 0.717) is 10.6 Å². The summed E-state index contributed by atoms with van der Waals surface area (Å²) >= 11 is 0. The van der Waals surface area contributed by atoms with Crippen molar-refractivity contribution in [1.29, 1.82) is 0 Å². The van der Waals surface area contributed by atoms with Gasteiger partial charge in [0.05, 0.1) is 17.5 Å². The average molecular weight is 573 g/mol. The summed E-state index contributed by atoms with van der Waals surface area (Å²) in [5.41, 5.74) is -4.17. The molecule has 0 bridgehead atoms. The molecule has 0 aliphatic carbocycles. The first kappa shape index (κ1) is 30.4. The van der Waals surface area contributed by atoms with E-state index in [9.17, 15) is 30.7 Å². The second kappa shape index (κ2) is 12.2. The fourth-order valence-electron chi connectivity index (χ4n) is 3.10. The molecule has 37 heavy (non-hydrogen) atoms. The summed E-state index contributed by atoms with van der Waals surface area (Å²) in [6.07, 6.45) is 0. The van der Waals surface area contributed by atoms with Crippen molar-refractivity contribution in [3.63, 3.8) is 0 Å². The molecule has 3 aromatic rings. The number of ether oxygens (including phenoxy) is 1. The first-order valence-electron chi connectivity index (χ1n) is 10.1. The molecular weight excluding hydrogens is 553 g/mol. The van der Waals surface area contributed by atoms with E-state index < -0.39 is 49.8 Å². The Labute approximate surface area is 210 Å². The Hall–Kier alpha value is -2.81. The highest BCUT2D eigenvalue weighted by Gasteiger charge is 2.37. The van der Waals surface area contributed by atoms with Crippen LogP contribution in [0.1, 0.15) is 11.1 Å². The summed E-state index contributed by atoms with van der Waals surface area (Å²) in [6, 6.07) is 9.67. The van der Waals surface area contributed by atoms with Crippen LogP contribution >= 0.6 is 0 Å². The van der Waals surface area contributed by atoms with Crippen molar-refractivity contribution >= 4 is 21.0 Å². The number of rotatable bonds is 6. The predicted octanol–water partition coefficient (Wildman–Crippen LogP) is 5.38. The Kier molecular flexibility index (Phi) is 9.99. The summed E-state index contributed by atoms with van der Waals surface area (Å²) in [4.78, 5) is 1.15. The summed E-state index contributed by atoms with van der Waals surface area (Å²) in [5, 5.41) is 8.99. The van der Waals surface area contributed by atoms with Gasteiger partial charge >= 0.3 is 5.51 Å². The number of benzene rings is 3. The van der Waals surface area contributed by atoms with Crippen LogP contribution in [0.25, 0.3) is 0 Å². The van der Waals surface area contributed by atoms with E-state index >= 15 is 0 Å². The molecule has 0 aromatic heterocycles. The first-order valence-corrected chi connectivity index (χ1v) is 12.7. The zero-order chi connectivity index (χ0) is 28.1. The first-order chi connectivity index (χ1) is 17.0. The Balaban J connectivity index is 0.000000521. The van der Waals surface area contributed by atoms with Crippen molar-refractivity contribution in [2.24, 2.45) is 0 Å². The average Bonchev–Trinajstić information content (AvgIpc) is 2.71. The third-order valence-electron chi connectivity index (χ3n) is 4.43. The van der Waals surface area contributed by atoms with E-state index in [1.165, 1.54) is 0 Å². The van der Waals surface area contributed by atoms with Gasteiger partial charge in [-0.1, -0.05) is 0 Å². The highest BCUT2D eigenvalue weighted by atomic mass is 32.2. The Bertz CT molecular complexity index is 1250. The molecule has 0 saturated heterocycles. The van der Waals surface area contributed by atoms with Crippen LogP contribution in [0, 0.1) is 37.1 Å². The van der Waals surface area contributed by atoms with Gasteiger partial charge in [0.1, 0.15) is 35.6 Å². The molecule has 3 rings (SSSR count). The van der Waals surface area contributed by atoms with E-state index in [2.05, 4.69) is 0 Å². The lowest BCUT2D eigenvalue weighted by molar-refractivity contribution is -0.0517. The number of aliphatic hydroxyl groups is 1. The maximum atomic E-state index is 13.9. The van der Waals surface area contributed by atoms with E-state index in [1.54, 1.807) is 26.0 Å². The molecule has 3 aromatic carbocycles. The number of aliphatic hydroxyl groups excluding tert-OH is 1. The molecule has 0 aliphatic rings. The lowest BCUT2D eigenvalue weighted by atomic mass is 10.1. The summed E-state index contributed by atoms with van der Waals surface area (Å²) in [5.74, 6) is -2.50. The van der Waals surface area contributed by atoms with Crippen LogP contribution in [0.4, 0.5) is 30.7 Å². The molecule has 1 N–H and O–H groups in total. The number of hydrogen-bond donors (Lipinski definition) is 1. The standard InChI is InChI=1S/C22H19F4O2S.CHF3O3S/c1-13-5-19(6-14(2)22(13)28-4-3-27)29(20-9-15(23)7-16(24)10-20)21-11-17(25)8-18(26)12-21;2-1(3,4)8(5,6)7/h5-12,27H,3-4H2,1-2H3;(H,5,6,7)/q+1;/p-1. The van der Waals surface area contributed by atoms with Crippen LogP contribution in [0.15, 0.2) is 63.2 Å². The third kappa shape index (κ3) is 8.35. The monoisotopic (exact) mass is 572 g/mol. The van der Waals surface area contributed by atoms with Crippen molar-refractivity contribution in [2.45, 2.75) is 34.0 Å². The van der Waals surface area contributed by atoms with Gasteiger partial charge in [0.2, 0.25) is 0 Å². The summed E-state index contributed by atoms with van der Waals surface area (Å²) in [7, 11) is -7.25. The van der Waals surface area contributed by atoms with Crippen LogP contribution < -0.4 is 4.74 Å². The zero-order valence-corrected chi connectivity index (χ0v) is 20.7. The van der Waals surface area contributed by atoms with Crippen LogP contribution in [0.5, 0.6) is 5.75 Å². The van der Waals surface area contributed by atoms with Crippen molar-refractivity contribution in [3.8, 4) is 5.75 Å². The fraction of sp³-hybridized carbons (Fsp3) is 0.217. The summed E-state index contributed by atoms with van der Waals surface area (Å²) < 4.78 is 120.